The quantitative estimate of drug-likeness (QED) is 0.870. The van der Waals surface area contributed by atoms with Crippen LogP contribution >= 0.6 is 12.4 Å². The highest BCUT2D eigenvalue weighted by Gasteiger charge is 2.25. The second-order valence-corrected chi connectivity index (χ2v) is 4.73. The van der Waals surface area contributed by atoms with Gasteiger partial charge in [0.25, 0.3) is 0 Å². The van der Waals surface area contributed by atoms with Crippen LogP contribution < -0.4 is 10.5 Å². The highest BCUT2D eigenvalue weighted by molar-refractivity contribution is 5.85. The number of hydrogen-bond donors (Lipinski definition) is 1. The van der Waals surface area contributed by atoms with Gasteiger partial charge in [-0.2, -0.15) is 0 Å². The van der Waals surface area contributed by atoms with Crippen LogP contribution in [0, 0.1) is 11.2 Å². The zero-order chi connectivity index (χ0) is 11.6. The standard InChI is InChI=1S/C12H18FNO.ClH/c1-12(2,3)11(14)9-6-5-8(13)7-10(9)15-4;/h5-7,11H,14H2,1-4H3;1H/t11-;/m1./s1. The first-order valence-electron chi connectivity index (χ1n) is 4.95. The van der Waals surface area contributed by atoms with E-state index in [4.69, 9.17) is 10.5 Å². The van der Waals surface area contributed by atoms with E-state index >= 15 is 0 Å². The summed E-state index contributed by atoms with van der Waals surface area (Å²) < 4.78 is 18.1. The Morgan fingerprint density at radius 2 is 1.88 bits per heavy atom. The molecule has 1 rings (SSSR count). The molecule has 0 unspecified atom stereocenters. The third-order valence-electron chi connectivity index (χ3n) is 2.46. The first-order chi connectivity index (χ1) is 6.86. The number of methoxy groups -OCH3 is 1. The molecule has 0 fully saturated rings. The van der Waals surface area contributed by atoms with Crippen molar-refractivity contribution in [2.24, 2.45) is 11.1 Å². The van der Waals surface area contributed by atoms with Gasteiger partial charge in [-0.25, -0.2) is 4.39 Å². The van der Waals surface area contributed by atoms with Gasteiger partial charge in [0, 0.05) is 17.7 Å². The van der Waals surface area contributed by atoms with Crippen molar-refractivity contribution in [1.29, 1.82) is 0 Å². The smallest absolute Gasteiger partial charge is 0.126 e. The molecule has 0 saturated carbocycles. The van der Waals surface area contributed by atoms with Gasteiger partial charge in [0.1, 0.15) is 11.6 Å². The molecule has 0 bridgehead atoms. The Morgan fingerprint density at radius 1 is 1.31 bits per heavy atom. The molecule has 0 radical (unpaired) electrons. The van der Waals surface area contributed by atoms with Crippen LogP contribution in [0.3, 0.4) is 0 Å². The summed E-state index contributed by atoms with van der Waals surface area (Å²) in [6, 6.07) is 4.28. The zero-order valence-electron chi connectivity index (χ0n) is 10.1. The van der Waals surface area contributed by atoms with Crippen LogP contribution in [0.5, 0.6) is 5.75 Å². The Bertz CT molecular complexity index is 349. The van der Waals surface area contributed by atoms with E-state index in [1.165, 1.54) is 19.2 Å². The molecule has 2 nitrogen and oxygen atoms in total. The molecule has 0 amide bonds. The molecular weight excluding hydrogens is 229 g/mol. The third kappa shape index (κ3) is 3.35. The number of benzene rings is 1. The number of rotatable bonds is 2. The number of nitrogens with two attached hydrogens (primary N) is 1. The van der Waals surface area contributed by atoms with Gasteiger partial charge in [-0.1, -0.05) is 26.8 Å². The van der Waals surface area contributed by atoms with Crippen LogP contribution in [0.25, 0.3) is 0 Å². The molecule has 0 aliphatic carbocycles. The number of hydrogen-bond acceptors (Lipinski definition) is 2. The van der Waals surface area contributed by atoms with Gasteiger partial charge in [0.2, 0.25) is 0 Å². The van der Waals surface area contributed by atoms with Gasteiger partial charge in [-0.05, 0) is 11.5 Å². The summed E-state index contributed by atoms with van der Waals surface area (Å²) >= 11 is 0. The van der Waals surface area contributed by atoms with E-state index in [9.17, 15) is 4.39 Å². The van der Waals surface area contributed by atoms with E-state index in [1.807, 2.05) is 20.8 Å². The van der Waals surface area contributed by atoms with Crippen LogP contribution in [-0.4, -0.2) is 7.11 Å². The van der Waals surface area contributed by atoms with Crippen molar-refractivity contribution >= 4 is 12.4 Å². The summed E-state index contributed by atoms with van der Waals surface area (Å²) in [4.78, 5) is 0. The summed E-state index contributed by atoms with van der Waals surface area (Å²) in [7, 11) is 1.52. The Morgan fingerprint density at radius 3 is 2.31 bits per heavy atom. The van der Waals surface area contributed by atoms with Crippen molar-refractivity contribution in [3.8, 4) is 5.75 Å². The fraction of sp³-hybridized carbons (Fsp3) is 0.500. The van der Waals surface area contributed by atoms with Gasteiger partial charge in [-0.3, -0.25) is 0 Å². The zero-order valence-corrected chi connectivity index (χ0v) is 10.9. The maximum atomic E-state index is 13.0. The van der Waals surface area contributed by atoms with Crippen LogP contribution in [0.4, 0.5) is 4.39 Å². The average molecular weight is 248 g/mol. The van der Waals surface area contributed by atoms with E-state index in [0.29, 0.717) is 5.75 Å². The van der Waals surface area contributed by atoms with Gasteiger partial charge in [0.15, 0.2) is 0 Å². The maximum Gasteiger partial charge on any atom is 0.126 e. The van der Waals surface area contributed by atoms with Crippen molar-refractivity contribution in [3.63, 3.8) is 0 Å². The molecule has 0 spiro atoms. The van der Waals surface area contributed by atoms with Crippen LogP contribution in [0.1, 0.15) is 32.4 Å². The maximum absolute atomic E-state index is 13.0. The molecule has 1 aromatic carbocycles. The fourth-order valence-corrected chi connectivity index (χ4v) is 1.41. The lowest BCUT2D eigenvalue weighted by molar-refractivity contribution is 0.313. The van der Waals surface area contributed by atoms with Crippen molar-refractivity contribution in [1.82, 2.24) is 0 Å². The predicted octanol–water partition coefficient (Wildman–Crippen LogP) is 3.30. The topological polar surface area (TPSA) is 35.2 Å². The van der Waals surface area contributed by atoms with E-state index in [-0.39, 0.29) is 29.7 Å². The molecular formula is C12H19ClFNO. The Balaban J connectivity index is 0.00000225. The number of halogens is 2. The van der Waals surface area contributed by atoms with E-state index < -0.39 is 0 Å². The van der Waals surface area contributed by atoms with Crippen molar-refractivity contribution < 1.29 is 9.13 Å². The molecule has 0 aliphatic heterocycles. The van der Waals surface area contributed by atoms with Gasteiger partial charge >= 0.3 is 0 Å². The van der Waals surface area contributed by atoms with Crippen molar-refractivity contribution in [3.05, 3.63) is 29.6 Å². The average Bonchev–Trinajstić information content (AvgIpc) is 2.15. The lowest BCUT2D eigenvalue weighted by Crippen LogP contribution is -2.26. The normalized spacial score (nSPS) is 12.9. The molecule has 0 aromatic heterocycles. The Hall–Kier alpha value is -0.800. The van der Waals surface area contributed by atoms with Crippen LogP contribution in [-0.2, 0) is 0 Å². The minimum Gasteiger partial charge on any atom is -0.496 e. The minimum atomic E-state index is -0.309. The van der Waals surface area contributed by atoms with Crippen LogP contribution in [0.15, 0.2) is 18.2 Å². The molecule has 1 atom stereocenters. The minimum absolute atomic E-state index is 0. The molecule has 1 aromatic rings. The first-order valence-corrected chi connectivity index (χ1v) is 4.95. The Labute approximate surface area is 102 Å². The first kappa shape index (κ1) is 15.2. The second kappa shape index (κ2) is 5.51. The summed E-state index contributed by atoms with van der Waals surface area (Å²) in [5.41, 5.74) is 6.86. The van der Waals surface area contributed by atoms with Crippen LogP contribution in [0.2, 0.25) is 0 Å². The summed E-state index contributed by atoms with van der Waals surface area (Å²) in [5, 5.41) is 0. The fourth-order valence-electron chi connectivity index (χ4n) is 1.41. The molecule has 0 aliphatic rings. The largest absolute Gasteiger partial charge is 0.496 e. The van der Waals surface area contributed by atoms with Gasteiger partial charge in [0.05, 0.1) is 7.11 Å². The van der Waals surface area contributed by atoms with E-state index in [1.54, 1.807) is 6.07 Å². The molecule has 0 heterocycles. The summed E-state index contributed by atoms with van der Waals surface area (Å²) in [6.45, 7) is 6.13. The molecule has 16 heavy (non-hydrogen) atoms. The molecule has 0 saturated heterocycles. The SMILES string of the molecule is COc1cc(F)ccc1[C@@H](N)C(C)(C)C.Cl. The molecule has 92 valence electrons. The van der Waals surface area contributed by atoms with Gasteiger partial charge in [-0.15, -0.1) is 12.4 Å². The predicted molar refractivity (Wildman–Crippen MR) is 66.6 cm³/mol. The highest BCUT2D eigenvalue weighted by Crippen LogP contribution is 2.35. The second-order valence-electron chi connectivity index (χ2n) is 4.73. The van der Waals surface area contributed by atoms with Crippen molar-refractivity contribution in [2.75, 3.05) is 7.11 Å². The monoisotopic (exact) mass is 247 g/mol. The summed E-state index contributed by atoms with van der Waals surface area (Å²) in [6.07, 6.45) is 0. The Kier molecular flexibility index (Phi) is 5.23. The van der Waals surface area contributed by atoms with Crippen molar-refractivity contribution in [2.45, 2.75) is 26.8 Å². The third-order valence-corrected chi connectivity index (χ3v) is 2.46. The lowest BCUT2D eigenvalue weighted by atomic mass is 9.83. The summed E-state index contributed by atoms with van der Waals surface area (Å²) in [5.74, 6) is 0.203. The van der Waals surface area contributed by atoms with E-state index in [0.717, 1.165) is 5.56 Å². The lowest BCUT2D eigenvalue weighted by Gasteiger charge is -2.28. The van der Waals surface area contributed by atoms with E-state index in [2.05, 4.69) is 0 Å². The van der Waals surface area contributed by atoms with Gasteiger partial charge < -0.3 is 10.5 Å². The highest BCUT2D eigenvalue weighted by atomic mass is 35.5. The number of ether oxygens (including phenoxy) is 1. The molecule has 2 N–H and O–H groups in total. The molecule has 4 heteroatoms.